The van der Waals surface area contributed by atoms with Crippen LogP contribution in [0.15, 0.2) is 6.20 Å². The van der Waals surface area contributed by atoms with Gasteiger partial charge in [0.2, 0.25) is 0 Å². The molecule has 0 bridgehead atoms. The predicted octanol–water partition coefficient (Wildman–Crippen LogP) is 2.20. The van der Waals surface area contributed by atoms with Crippen molar-refractivity contribution in [2.75, 3.05) is 26.2 Å². The van der Waals surface area contributed by atoms with Crippen molar-refractivity contribution in [3.8, 4) is 0 Å². The number of hydrogen-bond acceptors (Lipinski definition) is 5. The molecule has 2 aromatic rings. The van der Waals surface area contributed by atoms with E-state index in [4.69, 9.17) is 0 Å². The van der Waals surface area contributed by atoms with Crippen LogP contribution in [0.4, 0.5) is 0 Å². The number of carbonyl (C=O) groups is 1. The second-order valence-corrected chi connectivity index (χ2v) is 9.72. The molecular formula is C21H31N7O. The molecule has 0 radical (unpaired) electrons. The minimum Gasteiger partial charge on any atom is -0.337 e. The second kappa shape index (κ2) is 7.23. The molecule has 8 heteroatoms. The predicted molar refractivity (Wildman–Crippen MR) is 108 cm³/mol. The number of hydrogen-bond donors (Lipinski definition) is 1. The first-order valence-corrected chi connectivity index (χ1v) is 11.0. The van der Waals surface area contributed by atoms with Gasteiger partial charge in [0, 0.05) is 37.4 Å². The maximum Gasteiger partial charge on any atom is 0.274 e. The Labute approximate surface area is 171 Å². The first-order valence-electron chi connectivity index (χ1n) is 11.0. The van der Waals surface area contributed by atoms with E-state index in [0.29, 0.717) is 17.2 Å². The van der Waals surface area contributed by atoms with Gasteiger partial charge >= 0.3 is 0 Å². The molecule has 0 aromatic carbocycles. The largest absolute Gasteiger partial charge is 0.337 e. The van der Waals surface area contributed by atoms with E-state index in [1.165, 1.54) is 6.42 Å². The molecule has 8 nitrogen and oxygen atoms in total. The molecule has 2 saturated heterocycles. The molecule has 3 aliphatic rings. The third-order valence-corrected chi connectivity index (χ3v) is 6.83. The fraction of sp³-hybridized carbons (Fsp3) is 0.714. The molecule has 0 spiro atoms. The summed E-state index contributed by atoms with van der Waals surface area (Å²) >= 11 is 0. The van der Waals surface area contributed by atoms with Crippen molar-refractivity contribution >= 4 is 5.91 Å². The molecular weight excluding hydrogens is 366 g/mol. The molecule has 1 N–H and O–H groups in total. The quantitative estimate of drug-likeness (QED) is 0.855. The molecule has 156 valence electrons. The molecule has 2 fully saturated rings. The minimum absolute atomic E-state index is 0.0822. The van der Waals surface area contributed by atoms with Gasteiger partial charge in [-0.25, -0.2) is 4.68 Å². The molecule has 1 amide bonds. The standard InChI is InChI=1S/C21H31N7O/c1-21(2)8-11-26(14-21)12-15-13-28(25-22-15)16-6-9-27(10-7-16)20(29)19-17-4-3-5-18(17)23-24-19/h13,16H,3-12,14H2,1-2H3,(H,23,24). The summed E-state index contributed by atoms with van der Waals surface area (Å²) in [5, 5.41) is 16.2. The molecule has 0 saturated carbocycles. The number of fused-ring (bicyclic) bond motifs is 1. The maximum atomic E-state index is 12.9. The Balaban J connectivity index is 1.17. The van der Waals surface area contributed by atoms with E-state index in [2.05, 4.69) is 45.5 Å². The first kappa shape index (κ1) is 18.8. The Morgan fingerprint density at radius 1 is 1.24 bits per heavy atom. The van der Waals surface area contributed by atoms with Crippen LogP contribution in [0.3, 0.4) is 0 Å². The first-order chi connectivity index (χ1) is 14.0. The number of likely N-dealkylation sites (tertiary alicyclic amines) is 2. The minimum atomic E-state index is 0.0822. The number of piperidine rings is 1. The fourth-order valence-electron chi connectivity index (χ4n) is 5.13. The van der Waals surface area contributed by atoms with Crippen LogP contribution < -0.4 is 0 Å². The van der Waals surface area contributed by atoms with Crippen LogP contribution in [-0.4, -0.2) is 67.1 Å². The summed E-state index contributed by atoms with van der Waals surface area (Å²) < 4.78 is 2.02. The summed E-state index contributed by atoms with van der Waals surface area (Å²) in [6.07, 6.45) is 8.28. The summed E-state index contributed by atoms with van der Waals surface area (Å²) in [6.45, 7) is 9.30. The fourth-order valence-corrected chi connectivity index (χ4v) is 5.13. The van der Waals surface area contributed by atoms with Crippen LogP contribution in [0.1, 0.15) is 73.0 Å². The molecule has 29 heavy (non-hydrogen) atoms. The van der Waals surface area contributed by atoms with Crippen molar-refractivity contribution in [1.82, 2.24) is 35.0 Å². The van der Waals surface area contributed by atoms with Crippen LogP contribution in [0.5, 0.6) is 0 Å². The lowest BCUT2D eigenvalue weighted by atomic mass is 9.93. The molecule has 1 aliphatic carbocycles. The normalized spacial score (nSPS) is 22.3. The summed E-state index contributed by atoms with van der Waals surface area (Å²) in [5.74, 6) is 0.0822. The Kier molecular flexibility index (Phi) is 4.69. The van der Waals surface area contributed by atoms with E-state index in [-0.39, 0.29) is 5.91 Å². The third kappa shape index (κ3) is 3.70. The van der Waals surface area contributed by atoms with Crippen molar-refractivity contribution in [3.63, 3.8) is 0 Å². The number of nitrogens with one attached hydrogen (secondary N) is 1. The van der Waals surface area contributed by atoms with Crippen molar-refractivity contribution in [3.05, 3.63) is 28.8 Å². The second-order valence-electron chi connectivity index (χ2n) is 9.72. The van der Waals surface area contributed by atoms with Crippen molar-refractivity contribution in [2.24, 2.45) is 5.41 Å². The summed E-state index contributed by atoms with van der Waals surface area (Å²) in [6, 6.07) is 0.320. The maximum absolute atomic E-state index is 12.9. The van der Waals surface area contributed by atoms with Gasteiger partial charge in [0.05, 0.1) is 17.9 Å². The molecule has 2 aliphatic heterocycles. The Hall–Kier alpha value is -2.22. The average molecular weight is 398 g/mol. The van der Waals surface area contributed by atoms with Crippen LogP contribution in [0.2, 0.25) is 0 Å². The average Bonchev–Trinajstić information content (AvgIpc) is 3.46. The highest BCUT2D eigenvalue weighted by molar-refractivity contribution is 5.94. The number of aromatic amines is 1. The lowest BCUT2D eigenvalue weighted by Gasteiger charge is -2.31. The van der Waals surface area contributed by atoms with E-state index < -0.39 is 0 Å². The van der Waals surface area contributed by atoms with Gasteiger partial charge in [0.1, 0.15) is 0 Å². The van der Waals surface area contributed by atoms with E-state index >= 15 is 0 Å². The molecule has 0 atom stereocenters. The smallest absolute Gasteiger partial charge is 0.274 e. The topological polar surface area (TPSA) is 82.9 Å². The van der Waals surface area contributed by atoms with Gasteiger partial charge in [0.25, 0.3) is 5.91 Å². The number of carbonyl (C=O) groups excluding carboxylic acids is 1. The molecule has 4 heterocycles. The highest BCUT2D eigenvalue weighted by atomic mass is 16.2. The number of aromatic nitrogens is 5. The van der Waals surface area contributed by atoms with Gasteiger partial charge < -0.3 is 4.90 Å². The van der Waals surface area contributed by atoms with Gasteiger partial charge in [-0.1, -0.05) is 19.1 Å². The lowest BCUT2D eigenvalue weighted by molar-refractivity contribution is 0.0682. The number of rotatable bonds is 4. The number of H-pyrrole nitrogens is 1. The summed E-state index contributed by atoms with van der Waals surface area (Å²) in [4.78, 5) is 17.3. The monoisotopic (exact) mass is 397 g/mol. The molecule has 2 aromatic heterocycles. The highest BCUT2D eigenvalue weighted by Gasteiger charge is 2.31. The van der Waals surface area contributed by atoms with E-state index in [1.807, 2.05) is 9.58 Å². The zero-order valence-corrected chi connectivity index (χ0v) is 17.5. The van der Waals surface area contributed by atoms with E-state index in [0.717, 1.165) is 81.8 Å². The summed E-state index contributed by atoms with van der Waals surface area (Å²) in [5.41, 5.74) is 4.40. The van der Waals surface area contributed by atoms with Gasteiger partial charge in [-0.2, -0.15) is 5.10 Å². The van der Waals surface area contributed by atoms with Gasteiger partial charge in [-0.15, -0.1) is 5.10 Å². The van der Waals surface area contributed by atoms with Crippen LogP contribution >= 0.6 is 0 Å². The van der Waals surface area contributed by atoms with Crippen LogP contribution in [0.25, 0.3) is 0 Å². The number of nitrogens with zero attached hydrogens (tertiary/aromatic N) is 6. The summed E-state index contributed by atoms with van der Waals surface area (Å²) in [7, 11) is 0. The molecule has 0 unspecified atom stereocenters. The zero-order valence-electron chi connectivity index (χ0n) is 17.5. The Morgan fingerprint density at radius 2 is 2.07 bits per heavy atom. The SMILES string of the molecule is CC1(C)CCN(Cc2cn(C3CCN(C(=O)c4n[nH]c5c4CCC5)CC3)nn2)C1. The van der Waals surface area contributed by atoms with Crippen molar-refractivity contribution in [2.45, 2.75) is 65.0 Å². The van der Waals surface area contributed by atoms with E-state index in [9.17, 15) is 4.79 Å². The zero-order chi connectivity index (χ0) is 20.0. The van der Waals surface area contributed by atoms with Gasteiger partial charge in [0.15, 0.2) is 5.69 Å². The molecule has 5 rings (SSSR count). The van der Waals surface area contributed by atoms with Crippen molar-refractivity contribution in [1.29, 1.82) is 0 Å². The Morgan fingerprint density at radius 3 is 2.83 bits per heavy atom. The third-order valence-electron chi connectivity index (χ3n) is 6.83. The van der Waals surface area contributed by atoms with Gasteiger partial charge in [-0.05, 0) is 50.5 Å². The van der Waals surface area contributed by atoms with Crippen LogP contribution in [-0.2, 0) is 19.4 Å². The number of aryl methyl sites for hydroxylation is 1. The van der Waals surface area contributed by atoms with Gasteiger partial charge in [-0.3, -0.25) is 14.8 Å². The number of amides is 1. The highest BCUT2D eigenvalue weighted by Crippen LogP contribution is 2.30. The van der Waals surface area contributed by atoms with Crippen LogP contribution in [0, 0.1) is 5.41 Å². The van der Waals surface area contributed by atoms with Crippen molar-refractivity contribution < 1.29 is 4.79 Å². The lowest BCUT2D eigenvalue weighted by Crippen LogP contribution is -2.39. The van der Waals surface area contributed by atoms with E-state index in [1.54, 1.807) is 0 Å². The Bertz CT molecular complexity index is 891.